The second-order valence-corrected chi connectivity index (χ2v) is 6.54. The lowest BCUT2D eigenvalue weighted by Crippen LogP contribution is -2.19. The molecule has 0 aliphatic carbocycles. The third-order valence-corrected chi connectivity index (χ3v) is 3.76. The number of benzene rings is 2. The average molecular weight is 384 g/mol. The number of rotatable bonds is 9. The zero-order valence-electron chi connectivity index (χ0n) is 15.0. The monoisotopic (exact) mass is 383 g/mol. The van der Waals surface area contributed by atoms with Gasteiger partial charge in [-0.15, -0.1) is 12.4 Å². The van der Waals surface area contributed by atoms with Crippen LogP contribution in [0.4, 0.5) is 0 Å². The maximum absolute atomic E-state index is 6.45. The third-order valence-electron chi connectivity index (χ3n) is 3.48. The minimum Gasteiger partial charge on any atom is -0.490 e. The van der Waals surface area contributed by atoms with Crippen LogP contribution in [0.15, 0.2) is 42.5 Å². The van der Waals surface area contributed by atoms with Crippen LogP contribution >= 0.6 is 24.0 Å². The molecule has 2 aromatic rings. The van der Waals surface area contributed by atoms with Crippen molar-refractivity contribution in [1.82, 2.24) is 5.32 Å². The molecule has 2 aromatic carbocycles. The van der Waals surface area contributed by atoms with Gasteiger partial charge in [-0.05, 0) is 42.6 Å². The average Bonchev–Trinajstić information content (AvgIpc) is 2.55. The van der Waals surface area contributed by atoms with Crippen molar-refractivity contribution < 1.29 is 9.47 Å². The first-order valence-corrected chi connectivity index (χ1v) is 8.80. The van der Waals surface area contributed by atoms with Crippen LogP contribution in [0.5, 0.6) is 11.5 Å². The first kappa shape index (κ1) is 21.6. The van der Waals surface area contributed by atoms with Crippen molar-refractivity contribution in [2.45, 2.75) is 33.9 Å². The highest BCUT2D eigenvalue weighted by atomic mass is 35.5. The summed E-state index contributed by atoms with van der Waals surface area (Å²) in [6.45, 7) is 9.09. The summed E-state index contributed by atoms with van der Waals surface area (Å²) >= 11 is 6.45. The topological polar surface area (TPSA) is 30.5 Å². The number of halogens is 2. The number of ether oxygens (including phenoxy) is 2. The van der Waals surface area contributed by atoms with E-state index in [1.807, 2.05) is 49.4 Å². The van der Waals surface area contributed by atoms with Crippen LogP contribution in [0.3, 0.4) is 0 Å². The van der Waals surface area contributed by atoms with Crippen LogP contribution in [-0.2, 0) is 13.2 Å². The zero-order valence-corrected chi connectivity index (χ0v) is 16.6. The third kappa shape index (κ3) is 7.15. The molecule has 0 saturated heterocycles. The smallest absolute Gasteiger partial charge is 0.180 e. The summed E-state index contributed by atoms with van der Waals surface area (Å²) in [5.74, 6) is 1.91. The van der Waals surface area contributed by atoms with Crippen molar-refractivity contribution in [3.8, 4) is 11.5 Å². The van der Waals surface area contributed by atoms with E-state index >= 15 is 0 Å². The fourth-order valence-electron chi connectivity index (χ4n) is 2.36. The van der Waals surface area contributed by atoms with Crippen LogP contribution in [0.1, 0.15) is 31.9 Å². The summed E-state index contributed by atoms with van der Waals surface area (Å²) in [6, 6.07) is 14.0. The Morgan fingerprint density at radius 2 is 1.76 bits per heavy atom. The molecule has 2 rings (SSSR count). The molecule has 0 unspecified atom stereocenters. The van der Waals surface area contributed by atoms with E-state index in [1.54, 1.807) is 0 Å². The fourth-order valence-corrected chi connectivity index (χ4v) is 2.65. The summed E-state index contributed by atoms with van der Waals surface area (Å²) in [5, 5.41) is 4.00. The lowest BCUT2D eigenvalue weighted by molar-refractivity contribution is 0.269. The van der Waals surface area contributed by atoms with Gasteiger partial charge in [0.1, 0.15) is 6.61 Å². The summed E-state index contributed by atoms with van der Waals surface area (Å²) in [5.41, 5.74) is 2.19. The second-order valence-electron chi connectivity index (χ2n) is 6.14. The molecule has 1 N–H and O–H groups in total. The molecule has 0 aliphatic heterocycles. The van der Waals surface area contributed by atoms with Gasteiger partial charge in [0, 0.05) is 6.54 Å². The molecule has 0 radical (unpaired) electrons. The Morgan fingerprint density at radius 3 is 2.40 bits per heavy atom. The summed E-state index contributed by atoms with van der Waals surface area (Å²) in [6.07, 6.45) is 0. The Kier molecular flexibility index (Phi) is 9.73. The van der Waals surface area contributed by atoms with Crippen molar-refractivity contribution in [1.29, 1.82) is 0 Å². The molecule has 25 heavy (non-hydrogen) atoms. The van der Waals surface area contributed by atoms with E-state index in [4.69, 9.17) is 21.1 Å². The Bertz CT molecular complexity index is 633. The van der Waals surface area contributed by atoms with Gasteiger partial charge in [0.25, 0.3) is 0 Å². The molecular formula is C20H27Cl2NO2. The summed E-state index contributed by atoms with van der Waals surface area (Å²) in [7, 11) is 0. The predicted octanol–water partition coefficient (Wildman–Crippen LogP) is 5.49. The van der Waals surface area contributed by atoms with E-state index < -0.39 is 0 Å². The molecule has 0 spiro atoms. The summed E-state index contributed by atoms with van der Waals surface area (Å²) < 4.78 is 11.7. The van der Waals surface area contributed by atoms with Gasteiger partial charge in [0.05, 0.1) is 11.6 Å². The summed E-state index contributed by atoms with van der Waals surface area (Å²) in [4.78, 5) is 0. The van der Waals surface area contributed by atoms with Crippen molar-refractivity contribution in [2.75, 3.05) is 13.2 Å². The molecule has 0 aromatic heterocycles. The number of nitrogens with one attached hydrogen (secondary N) is 1. The highest BCUT2D eigenvalue weighted by molar-refractivity contribution is 6.32. The maximum Gasteiger partial charge on any atom is 0.180 e. The molecule has 0 heterocycles. The van der Waals surface area contributed by atoms with Crippen LogP contribution in [0.25, 0.3) is 0 Å². The lowest BCUT2D eigenvalue weighted by atomic mass is 10.1. The SMILES string of the molecule is CCOc1cc(CNCC(C)C)cc(Cl)c1OCc1ccccc1.Cl. The zero-order chi connectivity index (χ0) is 17.4. The Labute approximate surface area is 162 Å². The van der Waals surface area contributed by atoms with Crippen LogP contribution in [0, 0.1) is 5.92 Å². The number of hydrogen-bond acceptors (Lipinski definition) is 3. The quantitative estimate of drug-likeness (QED) is 0.621. The molecular weight excluding hydrogens is 357 g/mol. The van der Waals surface area contributed by atoms with Gasteiger partial charge in [0.2, 0.25) is 0 Å². The molecule has 0 aliphatic rings. The highest BCUT2D eigenvalue weighted by Gasteiger charge is 2.13. The van der Waals surface area contributed by atoms with Gasteiger partial charge < -0.3 is 14.8 Å². The molecule has 0 fully saturated rings. The van der Waals surface area contributed by atoms with Crippen molar-refractivity contribution in [3.05, 3.63) is 58.6 Å². The van der Waals surface area contributed by atoms with Gasteiger partial charge >= 0.3 is 0 Å². The first-order chi connectivity index (χ1) is 11.6. The first-order valence-electron chi connectivity index (χ1n) is 8.42. The maximum atomic E-state index is 6.45. The lowest BCUT2D eigenvalue weighted by Gasteiger charge is -2.16. The number of hydrogen-bond donors (Lipinski definition) is 1. The van der Waals surface area contributed by atoms with E-state index in [9.17, 15) is 0 Å². The molecule has 3 nitrogen and oxygen atoms in total. The molecule has 0 bridgehead atoms. The molecule has 138 valence electrons. The van der Waals surface area contributed by atoms with E-state index in [0.717, 1.165) is 24.2 Å². The standard InChI is InChI=1S/C20H26ClNO2.ClH/c1-4-23-19-11-17(13-22-12-15(2)3)10-18(21)20(19)24-14-16-8-6-5-7-9-16;/h5-11,15,22H,4,12-14H2,1-3H3;1H. The Morgan fingerprint density at radius 1 is 1.04 bits per heavy atom. The van der Waals surface area contributed by atoms with Crippen molar-refractivity contribution in [2.24, 2.45) is 5.92 Å². The fraction of sp³-hybridized carbons (Fsp3) is 0.400. The van der Waals surface area contributed by atoms with Gasteiger partial charge in [-0.3, -0.25) is 0 Å². The van der Waals surface area contributed by atoms with Gasteiger partial charge in [-0.25, -0.2) is 0 Å². The highest BCUT2D eigenvalue weighted by Crippen LogP contribution is 2.37. The van der Waals surface area contributed by atoms with E-state index in [0.29, 0.717) is 35.7 Å². The Balaban J connectivity index is 0.00000312. The van der Waals surface area contributed by atoms with E-state index in [1.165, 1.54) is 0 Å². The van der Waals surface area contributed by atoms with Gasteiger partial charge in [-0.2, -0.15) is 0 Å². The van der Waals surface area contributed by atoms with Gasteiger partial charge in [0.15, 0.2) is 11.5 Å². The molecule has 5 heteroatoms. The normalized spacial score (nSPS) is 10.4. The minimum absolute atomic E-state index is 0. The van der Waals surface area contributed by atoms with Crippen LogP contribution in [-0.4, -0.2) is 13.2 Å². The van der Waals surface area contributed by atoms with E-state index in [2.05, 4.69) is 19.2 Å². The largest absolute Gasteiger partial charge is 0.490 e. The van der Waals surface area contributed by atoms with Gasteiger partial charge in [-0.1, -0.05) is 55.8 Å². The van der Waals surface area contributed by atoms with Crippen molar-refractivity contribution in [3.63, 3.8) is 0 Å². The van der Waals surface area contributed by atoms with Crippen LogP contribution in [0.2, 0.25) is 5.02 Å². The second kappa shape index (κ2) is 11.2. The van der Waals surface area contributed by atoms with Crippen molar-refractivity contribution >= 4 is 24.0 Å². The minimum atomic E-state index is 0. The van der Waals surface area contributed by atoms with Crippen LogP contribution < -0.4 is 14.8 Å². The Hall–Kier alpha value is -1.42. The predicted molar refractivity (Wildman–Crippen MR) is 107 cm³/mol. The molecule has 0 amide bonds. The molecule has 0 saturated carbocycles. The van der Waals surface area contributed by atoms with E-state index in [-0.39, 0.29) is 12.4 Å². The molecule has 0 atom stereocenters.